The van der Waals surface area contributed by atoms with Gasteiger partial charge < -0.3 is 0 Å². The van der Waals surface area contributed by atoms with E-state index in [2.05, 4.69) is 31.9 Å². The first-order valence-corrected chi connectivity index (χ1v) is 8.36. The molecule has 0 fully saturated rings. The third kappa shape index (κ3) is 4.09. The smallest absolute Gasteiger partial charge is 0.292 e. The van der Waals surface area contributed by atoms with E-state index in [1.54, 1.807) is 0 Å². The van der Waals surface area contributed by atoms with Crippen molar-refractivity contribution in [3.05, 3.63) is 28.8 Å². The normalized spacial score (nSPS) is 12.6. The van der Waals surface area contributed by atoms with Crippen molar-refractivity contribution in [3.8, 4) is 0 Å². The fourth-order valence-electron chi connectivity index (χ4n) is 1.11. The van der Waals surface area contributed by atoms with Crippen LogP contribution >= 0.6 is 43.5 Å². The van der Waals surface area contributed by atoms with E-state index in [9.17, 15) is 26.4 Å². The van der Waals surface area contributed by atoms with Gasteiger partial charge in [-0.25, -0.2) is 0 Å². The quantitative estimate of drug-likeness (QED) is 0.549. The zero-order valence-electron chi connectivity index (χ0n) is 9.21. The van der Waals surface area contributed by atoms with E-state index in [0.717, 1.165) is 18.2 Å². The molecule has 0 amide bonds. The van der Waals surface area contributed by atoms with Gasteiger partial charge in [0.2, 0.25) is 0 Å². The average Bonchev–Trinajstić information content (AvgIpc) is 2.26. The molecule has 4 nitrogen and oxygen atoms in total. The van der Waals surface area contributed by atoms with E-state index in [1.807, 2.05) is 0 Å². The van der Waals surface area contributed by atoms with Crippen LogP contribution in [-0.4, -0.2) is 23.4 Å². The summed E-state index contributed by atoms with van der Waals surface area (Å²) in [5.74, 6) is -0.458. The van der Waals surface area contributed by atoms with E-state index in [-0.39, 0.29) is 10.6 Å². The highest BCUT2D eigenvalue weighted by molar-refractivity contribution is 9.25. The van der Waals surface area contributed by atoms with Crippen LogP contribution in [0.3, 0.4) is 0 Å². The van der Waals surface area contributed by atoms with Crippen LogP contribution in [0.4, 0.5) is 18.9 Å². The number of halogens is 6. The van der Waals surface area contributed by atoms with Gasteiger partial charge in [-0.15, -0.1) is 0 Å². The third-order valence-electron chi connectivity index (χ3n) is 1.99. The molecule has 1 rings (SSSR count). The Hall–Kier alpha value is -0.320. The van der Waals surface area contributed by atoms with Crippen LogP contribution in [0.25, 0.3) is 0 Å². The molecule has 0 aliphatic heterocycles. The Morgan fingerprint density at radius 2 is 1.85 bits per heavy atom. The topological polar surface area (TPSA) is 63.2 Å². The molecule has 11 heteroatoms. The van der Waals surface area contributed by atoms with Crippen LogP contribution in [0.5, 0.6) is 0 Å². The monoisotopic (exact) mass is 457 g/mol. The third-order valence-corrected chi connectivity index (χ3v) is 4.25. The molecule has 1 N–H and O–H groups in total. The van der Waals surface area contributed by atoms with Crippen molar-refractivity contribution in [1.82, 2.24) is 0 Å². The summed E-state index contributed by atoms with van der Waals surface area (Å²) in [7, 11) is -5.53. The zero-order valence-corrected chi connectivity index (χ0v) is 14.0. The summed E-state index contributed by atoms with van der Waals surface area (Å²) < 4.78 is 59.0. The molecule has 0 saturated heterocycles. The van der Waals surface area contributed by atoms with Crippen LogP contribution in [0.1, 0.15) is 10.4 Å². The maximum absolute atomic E-state index is 12.2. The molecular weight excluding hydrogens is 454 g/mol. The summed E-state index contributed by atoms with van der Waals surface area (Å²) in [5.41, 5.74) is -5.81. The lowest BCUT2D eigenvalue weighted by atomic mass is 10.1. The standard InChI is InChI=1S/C9H5Br2ClF3NO3S/c10-8(11)7(17)5-2-1-4(3-6(5)12)16-20(18,19)9(13,14)15/h1-3,8,16H. The van der Waals surface area contributed by atoms with Gasteiger partial charge >= 0.3 is 15.5 Å². The first-order valence-electron chi connectivity index (χ1n) is 4.66. The Morgan fingerprint density at radius 1 is 1.30 bits per heavy atom. The van der Waals surface area contributed by atoms with Crippen molar-refractivity contribution in [3.63, 3.8) is 0 Å². The fraction of sp³-hybridized carbons (Fsp3) is 0.222. The Bertz CT molecular complexity index is 634. The van der Waals surface area contributed by atoms with Gasteiger partial charge in [0.05, 0.1) is 10.7 Å². The number of Topliss-reactive ketones (excluding diaryl/α,β-unsaturated/α-hetero) is 1. The number of benzene rings is 1. The second-order valence-electron chi connectivity index (χ2n) is 3.41. The highest BCUT2D eigenvalue weighted by Crippen LogP contribution is 2.29. The molecule has 0 aliphatic carbocycles. The minimum Gasteiger partial charge on any atom is -0.292 e. The number of ketones is 1. The van der Waals surface area contributed by atoms with Gasteiger partial charge in [0.15, 0.2) is 5.78 Å². The number of rotatable bonds is 4. The largest absolute Gasteiger partial charge is 0.516 e. The number of anilines is 1. The molecule has 0 heterocycles. The van der Waals surface area contributed by atoms with Crippen molar-refractivity contribution in [2.75, 3.05) is 4.72 Å². The number of sulfonamides is 1. The number of alkyl halides is 5. The maximum atomic E-state index is 12.2. The molecule has 0 radical (unpaired) electrons. The van der Waals surface area contributed by atoms with Crippen molar-refractivity contribution in [1.29, 1.82) is 0 Å². The highest BCUT2D eigenvalue weighted by atomic mass is 79.9. The van der Waals surface area contributed by atoms with Crippen LogP contribution in [-0.2, 0) is 10.0 Å². The summed E-state index contributed by atoms with van der Waals surface area (Å²) in [6, 6.07) is 3.04. The second-order valence-corrected chi connectivity index (χ2v) is 8.55. The predicted molar refractivity (Wildman–Crippen MR) is 76.0 cm³/mol. The lowest BCUT2D eigenvalue weighted by Gasteiger charge is -2.12. The number of carbonyl (C=O) groups is 1. The number of hydrogen-bond acceptors (Lipinski definition) is 3. The van der Waals surface area contributed by atoms with Crippen LogP contribution < -0.4 is 4.72 Å². The molecular formula is C9H5Br2ClF3NO3S. The van der Waals surface area contributed by atoms with Crippen molar-refractivity contribution in [2.45, 2.75) is 9.24 Å². The number of hydrogen-bond donors (Lipinski definition) is 1. The average molecular weight is 459 g/mol. The van der Waals surface area contributed by atoms with Gasteiger partial charge in [0, 0.05) is 5.56 Å². The Labute approximate surface area is 134 Å². The van der Waals surface area contributed by atoms with Crippen LogP contribution in [0.2, 0.25) is 5.02 Å². The Morgan fingerprint density at radius 3 is 2.25 bits per heavy atom. The molecule has 112 valence electrons. The molecule has 0 bridgehead atoms. The molecule has 0 aromatic heterocycles. The van der Waals surface area contributed by atoms with E-state index in [4.69, 9.17) is 11.6 Å². The molecule has 1 aromatic rings. The predicted octanol–water partition coefficient (Wildman–Crippen LogP) is 3.90. The van der Waals surface area contributed by atoms with Gasteiger partial charge in [-0.3, -0.25) is 9.52 Å². The van der Waals surface area contributed by atoms with E-state index >= 15 is 0 Å². The summed E-state index contributed by atoms with van der Waals surface area (Å²) in [6.07, 6.45) is 0. The molecule has 1 aromatic carbocycles. The van der Waals surface area contributed by atoms with Gasteiger partial charge in [-0.2, -0.15) is 21.6 Å². The van der Waals surface area contributed by atoms with Gasteiger partial charge in [-0.1, -0.05) is 43.5 Å². The zero-order chi connectivity index (χ0) is 15.7. The molecule has 0 unspecified atom stereocenters. The van der Waals surface area contributed by atoms with E-state index < -0.39 is 30.7 Å². The minimum atomic E-state index is -5.53. The summed E-state index contributed by atoms with van der Waals surface area (Å²) in [4.78, 5) is 11.6. The molecule has 20 heavy (non-hydrogen) atoms. The SMILES string of the molecule is O=C(c1ccc(NS(=O)(=O)C(F)(F)F)cc1Cl)C(Br)Br. The maximum Gasteiger partial charge on any atom is 0.516 e. The molecule has 0 saturated carbocycles. The Kier molecular flexibility index (Phi) is 5.50. The van der Waals surface area contributed by atoms with Crippen molar-refractivity contribution in [2.24, 2.45) is 0 Å². The first kappa shape index (κ1) is 17.7. The minimum absolute atomic E-state index is 0.0281. The van der Waals surface area contributed by atoms with Crippen molar-refractivity contribution < 1.29 is 26.4 Å². The van der Waals surface area contributed by atoms with Gasteiger partial charge in [-0.05, 0) is 18.2 Å². The summed E-state index contributed by atoms with van der Waals surface area (Å²) >= 11 is 11.6. The number of carbonyl (C=O) groups excluding carboxylic acids is 1. The van der Waals surface area contributed by atoms with Crippen LogP contribution in [0, 0.1) is 0 Å². The Balaban J connectivity index is 3.09. The van der Waals surface area contributed by atoms with Crippen LogP contribution in [0.15, 0.2) is 18.2 Å². The van der Waals surface area contributed by atoms with Gasteiger partial charge in [0.25, 0.3) is 0 Å². The fourth-order valence-corrected chi connectivity index (χ4v) is 2.43. The van der Waals surface area contributed by atoms with Crippen molar-refractivity contribution >= 4 is 65.0 Å². The van der Waals surface area contributed by atoms with Gasteiger partial charge in [0.1, 0.15) is 3.74 Å². The first-order chi connectivity index (χ1) is 8.95. The molecule has 0 atom stereocenters. The lowest BCUT2D eigenvalue weighted by molar-refractivity contribution is -0.0429. The lowest BCUT2D eigenvalue weighted by Crippen LogP contribution is -2.29. The summed E-state index contributed by atoms with van der Waals surface area (Å²) in [6.45, 7) is 0. The number of nitrogens with one attached hydrogen (secondary N) is 1. The molecule has 0 spiro atoms. The second kappa shape index (κ2) is 6.20. The van der Waals surface area contributed by atoms with E-state index in [1.165, 1.54) is 4.72 Å². The van der Waals surface area contributed by atoms with E-state index in [0.29, 0.717) is 0 Å². The molecule has 0 aliphatic rings. The highest BCUT2D eigenvalue weighted by Gasteiger charge is 2.46. The summed E-state index contributed by atoms with van der Waals surface area (Å²) in [5, 5.41) is -0.179.